The maximum Gasteiger partial charge on any atom is 0.357 e. The fourth-order valence-electron chi connectivity index (χ4n) is 2.37. The third kappa shape index (κ3) is 2.80. The average Bonchev–Trinajstić information content (AvgIpc) is 2.51. The van der Waals surface area contributed by atoms with Crippen molar-refractivity contribution in [1.82, 2.24) is 9.97 Å². The Morgan fingerprint density at radius 3 is 2.48 bits per heavy atom. The van der Waals surface area contributed by atoms with Crippen molar-refractivity contribution in [3.63, 3.8) is 0 Å². The summed E-state index contributed by atoms with van der Waals surface area (Å²) < 4.78 is 0. The third-order valence-electron chi connectivity index (χ3n) is 3.38. The summed E-state index contributed by atoms with van der Waals surface area (Å²) in [7, 11) is 0. The number of hydrogen-bond acceptors (Lipinski definition) is 4. The fraction of sp³-hybridized carbons (Fsp3) is 0. The first-order valence-electron chi connectivity index (χ1n) is 6.73. The van der Waals surface area contributed by atoms with Gasteiger partial charge < -0.3 is 4.98 Å². The number of H-pyrrole nitrogens is 2. The Labute approximate surface area is 129 Å². The molecule has 0 fully saturated rings. The van der Waals surface area contributed by atoms with Gasteiger partial charge in [0.25, 0.3) is 0 Å². The van der Waals surface area contributed by atoms with Gasteiger partial charge in [-0.15, -0.1) is 0 Å². The number of nitrogens with zero attached hydrogens (tertiary/aromatic N) is 1. The number of benzene rings is 2. The lowest BCUT2D eigenvalue weighted by molar-refractivity contribution is -0.386. The predicted molar refractivity (Wildman–Crippen MR) is 87.2 cm³/mol. The van der Waals surface area contributed by atoms with Crippen LogP contribution in [0.15, 0.2) is 52.1 Å². The highest BCUT2D eigenvalue weighted by Gasteiger charge is 2.18. The molecule has 0 spiro atoms. The molecule has 0 aliphatic rings. The van der Waals surface area contributed by atoms with Gasteiger partial charge in [-0.2, -0.15) is 0 Å². The Morgan fingerprint density at radius 1 is 0.957 bits per heavy atom. The first-order chi connectivity index (χ1) is 11.1. The molecular formula is C16H11N3O4. The van der Waals surface area contributed by atoms with Crippen LogP contribution in [0.25, 0.3) is 22.9 Å². The van der Waals surface area contributed by atoms with Gasteiger partial charge in [-0.3, -0.25) is 19.9 Å². The molecule has 3 rings (SSSR count). The first-order valence-corrected chi connectivity index (χ1v) is 6.73. The number of hydrogen-bond donors (Lipinski definition) is 2. The highest BCUT2D eigenvalue weighted by atomic mass is 16.6. The van der Waals surface area contributed by atoms with Crippen molar-refractivity contribution in [2.45, 2.75) is 0 Å². The maximum atomic E-state index is 11.6. The summed E-state index contributed by atoms with van der Waals surface area (Å²) in [6.07, 6.45) is 2.98. The molecule has 0 saturated carbocycles. The number of aromatic nitrogens is 2. The Hall–Kier alpha value is -3.48. The minimum absolute atomic E-state index is 0.142. The molecule has 3 aromatic rings. The molecular weight excluding hydrogens is 298 g/mol. The van der Waals surface area contributed by atoms with Crippen LogP contribution in [0.1, 0.15) is 11.3 Å². The molecule has 0 atom stereocenters. The van der Waals surface area contributed by atoms with E-state index in [-0.39, 0.29) is 5.69 Å². The van der Waals surface area contributed by atoms with Crippen molar-refractivity contribution >= 4 is 28.6 Å². The van der Waals surface area contributed by atoms with E-state index in [2.05, 4.69) is 4.98 Å². The van der Waals surface area contributed by atoms with Gasteiger partial charge in [0.05, 0.1) is 4.92 Å². The molecule has 0 aliphatic carbocycles. The van der Waals surface area contributed by atoms with Crippen molar-refractivity contribution in [2.75, 3.05) is 0 Å². The van der Waals surface area contributed by atoms with E-state index in [0.717, 1.165) is 16.3 Å². The first kappa shape index (κ1) is 14.5. The van der Waals surface area contributed by atoms with Crippen molar-refractivity contribution in [1.29, 1.82) is 0 Å². The number of rotatable bonds is 3. The van der Waals surface area contributed by atoms with Crippen molar-refractivity contribution in [3.8, 4) is 0 Å². The summed E-state index contributed by atoms with van der Waals surface area (Å²) in [5, 5.41) is 13.0. The summed E-state index contributed by atoms with van der Waals surface area (Å²) in [6, 6.07) is 13.3. The molecule has 23 heavy (non-hydrogen) atoms. The van der Waals surface area contributed by atoms with E-state index in [1.54, 1.807) is 6.08 Å². The molecule has 0 saturated heterocycles. The second-order valence-electron chi connectivity index (χ2n) is 4.83. The smallest absolute Gasteiger partial charge is 0.301 e. The normalized spacial score (nSPS) is 11.1. The molecule has 7 heteroatoms. The third-order valence-corrected chi connectivity index (χ3v) is 3.38. The largest absolute Gasteiger partial charge is 0.357 e. The van der Waals surface area contributed by atoms with E-state index in [0.29, 0.717) is 0 Å². The molecule has 7 nitrogen and oxygen atoms in total. The molecule has 1 heterocycles. The van der Waals surface area contributed by atoms with E-state index in [4.69, 9.17) is 0 Å². The van der Waals surface area contributed by atoms with E-state index < -0.39 is 21.9 Å². The molecule has 114 valence electrons. The Morgan fingerprint density at radius 2 is 1.70 bits per heavy atom. The van der Waals surface area contributed by atoms with Crippen LogP contribution in [0.5, 0.6) is 0 Å². The van der Waals surface area contributed by atoms with E-state index in [1.807, 2.05) is 47.4 Å². The van der Waals surface area contributed by atoms with Gasteiger partial charge in [-0.1, -0.05) is 48.5 Å². The van der Waals surface area contributed by atoms with E-state index in [1.165, 1.54) is 6.08 Å². The Kier molecular flexibility index (Phi) is 3.60. The lowest BCUT2D eigenvalue weighted by atomic mass is 10.0. The second-order valence-corrected chi connectivity index (χ2v) is 4.83. The number of aromatic amines is 2. The van der Waals surface area contributed by atoms with Crippen LogP contribution in [0, 0.1) is 10.1 Å². The minimum Gasteiger partial charge on any atom is -0.301 e. The summed E-state index contributed by atoms with van der Waals surface area (Å²) >= 11 is 0. The standard InChI is InChI=1S/C16H11N3O4/c20-15-14(19(22)23)13(17-16(21)18-15)9-8-11-6-3-5-10-4-1-2-7-12(10)11/h1-9H,(H2,17,18,20,21). The number of nitro groups is 1. The van der Waals surface area contributed by atoms with E-state index >= 15 is 0 Å². The molecule has 0 aliphatic heterocycles. The monoisotopic (exact) mass is 309 g/mol. The van der Waals surface area contributed by atoms with Crippen LogP contribution in [-0.4, -0.2) is 14.9 Å². The summed E-state index contributed by atoms with van der Waals surface area (Å²) in [5.74, 6) is 0. The lowest BCUT2D eigenvalue weighted by Gasteiger charge is -2.02. The molecule has 2 aromatic carbocycles. The maximum absolute atomic E-state index is 11.6. The summed E-state index contributed by atoms with van der Waals surface area (Å²) in [4.78, 5) is 37.2. The van der Waals surface area contributed by atoms with Crippen molar-refractivity contribution < 1.29 is 4.92 Å². The molecule has 0 amide bonds. The summed E-state index contributed by atoms with van der Waals surface area (Å²) in [6.45, 7) is 0. The van der Waals surface area contributed by atoms with Gasteiger partial charge in [0.15, 0.2) is 0 Å². The van der Waals surface area contributed by atoms with Crippen LogP contribution in [0.3, 0.4) is 0 Å². The fourth-order valence-corrected chi connectivity index (χ4v) is 2.37. The van der Waals surface area contributed by atoms with E-state index in [9.17, 15) is 19.7 Å². The minimum atomic E-state index is -1.03. The molecule has 0 radical (unpaired) electrons. The molecule has 0 unspecified atom stereocenters. The lowest BCUT2D eigenvalue weighted by Crippen LogP contribution is -2.25. The van der Waals surface area contributed by atoms with Crippen LogP contribution in [0.4, 0.5) is 5.69 Å². The predicted octanol–water partition coefficient (Wildman–Crippen LogP) is 2.29. The van der Waals surface area contributed by atoms with Gasteiger partial charge in [-0.25, -0.2) is 4.79 Å². The molecule has 0 bridgehead atoms. The van der Waals surface area contributed by atoms with Gasteiger partial charge >= 0.3 is 16.9 Å². The summed E-state index contributed by atoms with van der Waals surface area (Å²) in [5.41, 5.74) is -1.84. The number of fused-ring (bicyclic) bond motifs is 1. The van der Waals surface area contributed by atoms with Crippen molar-refractivity contribution in [2.24, 2.45) is 0 Å². The van der Waals surface area contributed by atoms with Gasteiger partial charge in [-0.05, 0) is 22.4 Å². The SMILES string of the molecule is O=c1[nH]c(C=Cc2cccc3ccccc23)c([N+](=O)[O-])c(=O)[nH]1. The van der Waals surface area contributed by atoms with Crippen molar-refractivity contribution in [3.05, 3.63) is 84.7 Å². The van der Waals surface area contributed by atoms with Crippen LogP contribution < -0.4 is 11.2 Å². The zero-order chi connectivity index (χ0) is 16.4. The zero-order valence-corrected chi connectivity index (χ0v) is 11.8. The zero-order valence-electron chi connectivity index (χ0n) is 11.8. The Bertz CT molecular complexity index is 1040. The highest BCUT2D eigenvalue weighted by molar-refractivity contribution is 5.92. The van der Waals surface area contributed by atoms with Gasteiger partial charge in [0.1, 0.15) is 5.69 Å². The van der Waals surface area contributed by atoms with Gasteiger partial charge in [0.2, 0.25) is 0 Å². The second kappa shape index (κ2) is 5.72. The molecule has 2 N–H and O–H groups in total. The topological polar surface area (TPSA) is 109 Å². The Balaban J connectivity index is 2.15. The number of nitrogens with one attached hydrogen (secondary N) is 2. The van der Waals surface area contributed by atoms with Crippen LogP contribution >= 0.6 is 0 Å². The quantitative estimate of drug-likeness (QED) is 0.571. The molecule has 1 aromatic heterocycles. The average molecular weight is 309 g/mol. The van der Waals surface area contributed by atoms with Crippen LogP contribution in [-0.2, 0) is 0 Å². The van der Waals surface area contributed by atoms with Gasteiger partial charge in [0, 0.05) is 0 Å². The van der Waals surface area contributed by atoms with Crippen LogP contribution in [0.2, 0.25) is 0 Å². The highest BCUT2D eigenvalue weighted by Crippen LogP contribution is 2.21.